The van der Waals surface area contributed by atoms with Crippen LogP contribution in [0.5, 0.6) is 5.75 Å². The van der Waals surface area contributed by atoms with Crippen molar-refractivity contribution in [3.8, 4) is 5.75 Å². The number of carbonyl (C=O) groups is 10. The van der Waals surface area contributed by atoms with Gasteiger partial charge in [0.1, 0.15) is 54.1 Å². The number of benzene rings is 2. The van der Waals surface area contributed by atoms with Gasteiger partial charge in [-0.3, -0.25) is 52.8 Å². The lowest BCUT2D eigenvalue weighted by Crippen LogP contribution is -2.61. The SMILES string of the molecule is CNCCN(CCNC)CC(=O)N[C@@H](Cc1ccccc1)C(=O)N[C@@H](Cc1cnc[nH]1)C(=O)N[C@H]1CSSC[C@@H](C(=O)NC)NC(=O)[C@H](CC(C)C)NC(=O)[C@H](CC(=O)O)NC(=O)[C@H](Cc2ccc(O)cc2)NC(=O)[C@@H]2CCCN2C1=O. The second-order valence-electron chi connectivity index (χ2n) is 20.4. The molecule has 448 valence electrons. The van der Waals surface area contributed by atoms with Crippen LogP contribution in [0.1, 0.15) is 56.4 Å². The van der Waals surface area contributed by atoms with Crippen molar-refractivity contribution in [2.75, 3.05) is 71.9 Å². The molecule has 28 heteroatoms. The number of hydrogen-bond acceptors (Lipinski definition) is 17. The average molecular weight is 1180 g/mol. The number of nitrogens with zero attached hydrogens (tertiary/aromatic N) is 3. The molecule has 2 aliphatic heterocycles. The highest BCUT2D eigenvalue weighted by atomic mass is 33.1. The third-order valence-corrected chi connectivity index (χ3v) is 15.9. The quantitative estimate of drug-likeness (QED) is 0.0429. The maximum absolute atomic E-state index is 15.1. The van der Waals surface area contributed by atoms with E-state index in [-0.39, 0.29) is 68.4 Å². The van der Waals surface area contributed by atoms with Crippen molar-refractivity contribution in [2.24, 2.45) is 5.92 Å². The smallest absolute Gasteiger partial charge is 0.305 e. The largest absolute Gasteiger partial charge is 0.508 e. The van der Waals surface area contributed by atoms with Gasteiger partial charge in [0.2, 0.25) is 53.2 Å². The zero-order chi connectivity index (χ0) is 59.7. The normalized spacial score (nSPS) is 21.2. The first kappa shape index (κ1) is 65.5. The number of likely N-dealkylation sites (N-methyl/N-ethyl adjacent to an activating group) is 3. The highest BCUT2D eigenvalue weighted by molar-refractivity contribution is 8.76. The van der Waals surface area contributed by atoms with Crippen molar-refractivity contribution in [1.82, 2.24) is 72.9 Å². The monoisotopic (exact) mass is 1180 g/mol. The van der Waals surface area contributed by atoms with Crippen LogP contribution in [0, 0.1) is 5.92 Å². The molecule has 13 N–H and O–H groups in total. The number of phenols is 1. The fourth-order valence-electron chi connectivity index (χ4n) is 9.20. The van der Waals surface area contributed by atoms with Crippen molar-refractivity contribution < 1.29 is 58.2 Å². The molecule has 1 aromatic heterocycles. The number of aromatic nitrogens is 2. The Labute approximate surface area is 484 Å². The molecule has 82 heavy (non-hydrogen) atoms. The van der Waals surface area contributed by atoms with Crippen LogP contribution in [0.2, 0.25) is 0 Å². The van der Waals surface area contributed by atoms with Gasteiger partial charge < -0.3 is 73.3 Å². The number of nitrogens with one attached hydrogen (secondary N) is 11. The zero-order valence-electron chi connectivity index (χ0n) is 46.8. The Morgan fingerprint density at radius 3 is 2.02 bits per heavy atom. The predicted octanol–water partition coefficient (Wildman–Crippen LogP) is -2.07. The van der Waals surface area contributed by atoms with E-state index in [1.165, 1.54) is 48.7 Å². The molecule has 0 unspecified atom stereocenters. The third kappa shape index (κ3) is 21.2. The molecule has 2 aromatic carbocycles. The van der Waals surface area contributed by atoms with Crippen LogP contribution in [-0.4, -0.2) is 209 Å². The summed E-state index contributed by atoms with van der Waals surface area (Å²) in [6, 6.07) is 3.77. The molecule has 0 spiro atoms. The molecule has 5 rings (SSSR count). The van der Waals surface area contributed by atoms with Gasteiger partial charge in [-0.1, -0.05) is 77.9 Å². The average Bonchev–Trinajstić information content (AvgIpc) is 4.37. The number of carbonyl (C=O) groups excluding carboxylic acids is 9. The maximum atomic E-state index is 15.1. The molecule has 3 heterocycles. The second-order valence-corrected chi connectivity index (χ2v) is 23.0. The number of phenolic OH excluding ortho intramolecular Hbond substituents is 1. The number of amides is 9. The second kappa shape index (κ2) is 33.6. The molecule has 0 saturated carbocycles. The minimum Gasteiger partial charge on any atom is -0.508 e. The van der Waals surface area contributed by atoms with Crippen LogP contribution in [0.15, 0.2) is 67.1 Å². The van der Waals surface area contributed by atoms with Crippen LogP contribution in [0.3, 0.4) is 0 Å². The first-order valence-electron chi connectivity index (χ1n) is 27.2. The van der Waals surface area contributed by atoms with Gasteiger partial charge in [0, 0.05) is 82.4 Å². The summed E-state index contributed by atoms with van der Waals surface area (Å²) < 4.78 is 0. The van der Waals surface area contributed by atoms with Gasteiger partial charge in [-0.05, 0) is 62.5 Å². The van der Waals surface area contributed by atoms with E-state index in [1.807, 2.05) is 11.0 Å². The summed E-state index contributed by atoms with van der Waals surface area (Å²) in [5.41, 5.74) is 1.61. The number of aromatic hydroxyl groups is 1. The zero-order valence-corrected chi connectivity index (χ0v) is 48.4. The molecule has 2 fully saturated rings. The van der Waals surface area contributed by atoms with Crippen molar-refractivity contribution in [3.05, 3.63) is 83.9 Å². The number of H-pyrrole nitrogens is 1. The Balaban J connectivity index is 1.51. The van der Waals surface area contributed by atoms with Crippen LogP contribution >= 0.6 is 21.6 Å². The Morgan fingerprint density at radius 1 is 0.756 bits per heavy atom. The van der Waals surface area contributed by atoms with Gasteiger partial charge >= 0.3 is 5.97 Å². The lowest BCUT2D eigenvalue weighted by Gasteiger charge is -2.31. The Kier molecular flexibility index (Phi) is 26.9. The predicted molar refractivity (Wildman–Crippen MR) is 307 cm³/mol. The standard InChI is InChI=1S/C54H78N14O12S2/c1-32(2)22-37-48(74)65-42(47(73)57-5)29-81-82-30-43(54(80)68-19-9-12-44(68)53(79)64-39(24-34-13-15-36(69)16-14-34)50(76)63-41(26-46(71)72)52(78)61-37)66-51(77)40(25-35-27-58-31-59-35)62-49(75)38(23-33-10-7-6-8-11-33)60-45(70)28-67(20-17-55-3)21-18-56-4/h6-8,10-11,13-16,27,31-32,37-44,55-56,69H,9,12,17-26,28-30H2,1-5H3,(H,57,73)(H,58,59)(H,60,70)(H,61,78)(H,62,75)(H,63,76)(H,64,79)(H,65,74)(H,66,77)(H,71,72)/t37-,38-,39-,40-,41-,42-,43-,44-/m0/s1. The van der Waals surface area contributed by atoms with E-state index in [1.54, 1.807) is 52.2 Å². The van der Waals surface area contributed by atoms with E-state index >= 15 is 4.79 Å². The third-order valence-electron chi connectivity index (χ3n) is 13.5. The van der Waals surface area contributed by atoms with Gasteiger partial charge in [0.25, 0.3) is 0 Å². The number of aromatic amines is 1. The number of fused-ring (bicyclic) bond motifs is 1. The molecule has 0 radical (unpaired) electrons. The Hall–Kier alpha value is -7.27. The van der Waals surface area contributed by atoms with Crippen molar-refractivity contribution in [1.29, 1.82) is 0 Å². The molecule has 0 bridgehead atoms. The lowest BCUT2D eigenvalue weighted by molar-refractivity contribution is -0.142. The molecule has 2 aliphatic rings. The number of hydrogen-bond donors (Lipinski definition) is 13. The van der Waals surface area contributed by atoms with Gasteiger partial charge in [0.05, 0.1) is 19.3 Å². The van der Waals surface area contributed by atoms with Crippen molar-refractivity contribution in [3.63, 3.8) is 0 Å². The summed E-state index contributed by atoms with van der Waals surface area (Å²) >= 11 is 0. The van der Waals surface area contributed by atoms with E-state index in [9.17, 15) is 53.4 Å². The van der Waals surface area contributed by atoms with Crippen LogP contribution in [0.4, 0.5) is 0 Å². The summed E-state index contributed by atoms with van der Waals surface area (Å²) in [6.45, 7) is 5.88. The number of carboxylic acids is 1. The fraction of sp³-hybridized carbons (Fsp3) is 0.537. The van der Waals surface area contributed by atoms with Crippen LogP contribution in [-0.2, 0) is 67.2 Å². The summed E-state index contributed by atoms with van der Waals surface area (Å²) in [7, 11) is 7.11. The van der Waals surface area contributed by atoms with Gasteiger partial charge in [-0.15, -0.1) is 0 Å². The number of carboxylic acid groups (broad SMARTS) is 1. The minimum atomic E-state index is -1.76. The topological polar surface area (TPSA) is 367 Å². The van der Waals surface area contributed by atoms with E-state index < -0.39 is 114 Å². The Morgan fingerprint density at radius 2 is 1.39 bits per heavy atom. The lowest BCUT2D eigenvalue weighted by atomic mass is 10.0. The molecule has 26 nitrogen and oxygen atoms in total. The number of rotatable bonds is 24. The Bertz CT molecular complexity index is 2610. The van der Waals surface area contributed by atoms with Crippen molar-refractivity contribution in [2.45, 2.75) is 107 Å². The van der Waals surface area contributed by atoms with Crippen LogP contribution < -0.4 is 53.2 Å². The van der Waals surface area contributed by atoms with Gasteiger partial charge in [0.15, 0.2) is 0 Å². The maximum Gasteiger partial charge on any atom is 0.305 e. The molecule has 0 aliphatic carbocycles. The molecule has 8 atom stereocenters. The summed E-state index contributed by atoms with van der Waals surface area (Å²) in [4.78, 5) is 151. The van der Waals surface area contributed by atoms with E-state index in [4.69, 9.17) is 0 Å². The molecular formula is C54H78N14O12S2. The van der Waals surface area contributed by atoms with Crippen molar-refractivity contribution >= 4 is 80.7 Å². The van der Waals surface area contributed by atoms with Gasteiger partial charge in [-0.2, -0.15) is 0 Å². The highest BCUT2D eigenvalue weighted by Gasteiger charge is 2.41. The summed E-state index contributed by atoms with van der Waals surface area (Å²) in [5.74, 6) is -8.88. The minimum absolute atomic E-state index is 0.0262. The molecular weight excluding hydrogens is 1100 g/mol. The van der Waals surface area contributed by atoms with Crippen LogP contribution in [0.25, 0.3) is 0 Å². The summed E-state index contributed by atoms with van der Waals surface area (Å²) in [5, 5.41) is 47.5. The molecule has 2 saturated heterocycles. The van der Waals surface area contributed by atoms with Gasteiger partial charge in [-0.25, -0.2) is 4.98 Å². The highest BCUT2D eigenvalue weighted by Crippen LogP contribution is 2.26. The fourth-order valence-corrected chi connectivity index (χ4v) is 11.5. The number of imidazole rings is 1. The molecule has 9 amide bonds. The van der Waals surface area contributed by atoms with E-state index in [0.29, 0.717) is 43.9 Å². The summed E-state index contributed by atoms with van der Waals surface area (Å²) in [6.07, 6.45) is 2.10. The number of aliphatic carboxylic acids is 1. The van der Waals surface area contributed by atoms with E-state index in [0.717, 1.165) is 27.2 Å². The first-order chi connectivity index (χ1) is 39.3. The van der Waals surface area contributed by atoms with E-state index in [2.05, 4.69) is 63.1 Å². The molecule has 3 aromatic rings. The first-order valence-corrected chi connectivity index (χ1v) is 29.7.